The molecule has 1 fully saturated rings. The Labute approximate surface area is 142 Å². The van der Waals surface area contributed by atoms with Gasteiger partial charge in [0, 0.05) is 26.2 Å². The van der Waals surface area contributed by atoms with E-state index < -0.39 is 6.04 Å². The van der Waals surface area contributed by atoms with Crippen LogP contribution in [0.25, 0.3) is 0 Å². The number of aliphatic hydroxyl groups excluding tert-OH is 1. The molecule has 0 saturated carbocycles. The van der Waals surface area contributed by atoms with Crippen molar-refractivity contribution in [3.05, 3.63) is 35.6 Å². The van der Waals surface area contributed by atoms with Gasteiger partial charge in [0.15, 0.2) is 0 Å². The minimum absolute atomic E-state index is 0.116. The average Bonchev–Trinajstić information content (AvgIpc) is 2.60. The number of halogens is 1. The van der Waals surface area contributed by atoms with Crippen LogP contribution < -0.4 is 5.32 Å². The Morgan fingerprint density at radius 2 is 2.17 bits per heavy atom. The molecular weight excluding hydrogens is 311 g/mol. The summed E-state index contributed by atoms with van der Waals surface area (Å²) in [6.45, 7) is 5.10. The molecule has 6 heteroatoms. The maximum absolute atomic E-state index is 13.6. The number of benzene rings is 1. The van der Waals surface area contributed by atoms with Crippen molar-refractivity contribution in [1.82, 2.24) is 10.2 Å². The third-order valence-electron chi connectivity index (χ3n) is 4.50. The summed E-state index contributed by atoms with van der Waals surface area (Å²) in [6.07, 6.45) is 1.56. The molecule has 2 atom stereocenters. The predicted octanol–water partition coefficient (Wildman–Crippen LogP) is 1.72. The normalized spacial score (nSPS) is 18.1. The van der Waals surface area contributed by atoms with Crippen molar-refractivity contribution >= 4 is 5.91 Å². The first kappa shape index (κ1) is 18.8. The van der Waals surface area contributed by atoms with E-state index in [0.717, 1.165) is 6.42 Å². The fourth-order valence-corrected chi connectivity index (χ4v) is 3.02. The number of nitrogens with one attached hydrogen (secondary N) is 1. The second kappa shape index (κ2) is 9.71. The number of nitrogens with zero attached hydrogens (tertiary/aromatic N) is 1. The van der Waals surface area contributed by atoms with Crippen LogP contribution in [0.15, 0.2) is 24.3 Å². The van der Waals surface area contributed by atoms with Crippen LogP contribution in [0.1, 0.15) is 31.4 Å². The number of carbonyl (C=O) groups is 1. The second-order valence-electron chi connectivity index (χ2n) is 6.14. The topological polar surface area (TPSA) is 61.8 Å². The number of ether oxygens (including phenoxy) is 1. The van der Waals surface area contributed by atoms with Crippen LogP contribution in [-0.4, -0.2) is 55.4 Å². The lowest BCUT2D eigenvalue weighted by Crippen LogP contribution is -2.46. The standard InChI is InChI=1S/C18H27FN2O3/c1-2-14(6-9-22)13-20-18(23)17(21-7-10-24-11-8-21)15-4-3-5-16(19)12-15/h3-5,12,14,17,22H,2,6-11,13H2,1H3,(H,20,23). The molecule has 1 amide bonds. The van der Waals surface area contributed by atoms with Crippen LogP contribution in [0.3, 0.4) is 0 Å². The molecule has 0 bridgehead atoms. The summed E-state index contributed by atoms with van der Waals surface area (Å²) in [7, 11) is 0. The maximum Gasteiger partial charge on any atom is 0.241 e. The predicted molar refractivity (Wildman–Crippen MR) is 90.0 cm³/mol. The molecule has 0 radical (unpaired) electrons. The van der Waals surface area contributed by atoms with E-state index in [9.17, 15) is 9.18 Å². The van der Waals surface area contributed by atoms with E-state index in [0.29, 0.717) is 44.8 Å². The van der Waals surface area contributed by atoms with E-state index in [1.54, 1.807) is 12.1 Å². The van der Waals surface area contributed by atoms with Gasteiger partial charge in [0.1, 0.15) is 11.9 Å². The molecule has 2 rings (SSSR count). The van der Waals surface area contributed by atoms with E-state index in [1.807, 2.05) is 11.8 Å². The smallest absolute Gasteiger partial charge is 0.241 e. The first-order chi connectivity index (χ1) is 11.7. The molecule has 2 N–H and O–H groups in total. The molecule has 1 aliphatic heterocycles. The van der Waals surface area contributed by atoms with Crippen molar-refractivity contribution in [2.75, 3.05) is 39.5 Å². The summed E-state index contributed by atoms with van der Waals surface area (Å²) < 4.78 is 19.0. The highest BCUT2D eigenvalue weighted by Crippen LogP contribution is 2.23. The summed E-state index contributed by atoms with van der Waals surface area (Å²) in [4.78, 5) is 14.8. The van der Waals surface area contributed by atoms with Crippen molar-refractivity contribution in [2.45, 2.75) is 25.8 Å². The lowest BCUT2D eigenvalue weighted by Gasteiger charge is -2.34. The zero-order valence-corrected chi connectivity index (χ0v) is 14.2. The molecular formula is C18H27FN2O3. The summed E-state index contributed by atoms with van der Waals surface area (Å²) >= 11 is 0. The monoisotopic (exact) mass is 338 g/mol. The third-order valence-corrected chi connectivity index (χ3v) is 4.50. The number of hydrogen-bond donors (Lipinski definition) is 2. The SMILES string of the molecule is CCC(CCO)CNC(=O)C(c1cccc(F)c1)N1CCOCC1. The van der Waals surface area contributed by atoms with Gasteiger partial charge in [0.2, 0.25) is 5.91 Å². The van der Waals surface area contributed by atoms with Crippen molar-refractivity contribution < 1.29 is 19.0 Å². The van der Waals surface area contributed by atoms with E-state index in [4.69, 9.17) is 9.84 Å². The van der Waals surface area contributed by atoms with Gasteiger partial charge in [-0.1, -0.05) is 25.5 Å². The molecule has 0 aromatic heterocycles. The Kier molecular flexibility index (Phi) is 7.62. The zero-order chi connectivity index (χ0) is 17.4. The molecule has 5 nitrogen and oxygen atoms in total. The number of hydrogen-bond acceptors (Lipinski definition) is 4. The summed E-state index contributed by atoms with van der Waals surface area (Å²) in [5.41, 5.74) is 0.657. The van der Waals surface area contributed by atoms with Gasteiger partial charge in [0.25, 0.3) is 0 Å². The number of morpholine rings is 1. The summed E-state index contributed by atoms with van der Waals surface area (Å²) in [6, 6.07) is 5.70. The molecule has 1 aromatic carbocycles. The molecule has 0 aliphatic carbocycles. The molecule has 1 saturated heterocycles. The van der Waals surface area contributed by atoms with Crippen molar-refractivity contribution in [3.8, 4) is 0 Å². The number of aliphatic hydroxyl groups is 1. The average molecular weight is 338 g/mol. The van der Waals surface area contributed by atoms with Gasteiger partial charge in [-0.2, -0.15) is 0 Å². The number of carbonyl (C=O) groups excluding carboxylic acids is 1. The Morgan fingerprint density at radius 3 is 2.79 bits per heavy atom. The lowest BCUT2D eigenvalue weighted by atomic mass is 10.0. The van der Waals surface area contributed by atoms with E-state index in [2.05, 4.69) is 5.32 Å². The summed E-state index contributed by atoms with van der Waals surface area (Å²) in [5.74, 6) is -0.221. The van der Waals surface area contributed by atoms with Crippen molar-refractivity contribution in [1.29, 1.82) is 0 Å². The first-order valence-corrected chi connectivity index (χ1v) is 8.61. The van der Waals surface area contributed by atoms with Crippen LogP contribution in [-0.2, 0) is 9.53 Å². The highest BCUT2D eigenvalue weighted by atomic mass is 19.1. The van der Waals surface area contributed by atoms with Crippen LogP contribution in [0, 0.1) is 11.7 Å². The third kappa shape index (κ3) is 5.26. The quantitative estimate of drug-likeness (QED) is 0.758. The fraction of sp³-hybridized carbons (Fsp3) is 0.611. The summed E-state index contributed by atoms with van der Waals surface area (Å²) in [5, 5.41) is 12.1. The minimum atomic E-state index is -0.517. The van der Waals surface area contributed by atoms with Crippen molar-refractivity contribution in [2.24, 2.45) is 5.92 Å². The molecule has 134 valence electrons. The highest BCUT2D eigenvalue weighted by Gasteiger charge is 2.29. The van der Waals surface area contributed by atoms with Crippen LogP contribution in [0.4, 0.5) is 4.39 Å². The van der Waals surface area contributed by atoms with Gasteiger partial charge < -0.3 is 15.2 Å². The van der Waals surface area contributed by atoms with Gasteiger partial charge in [-0.15, -0.1) is 0 Å². The largest absolute Gasteiger partial charge is 0.396 e. The molecule has 1 heterocycles. The van der Waals surface area contributed by atoms with Gasteiger partial charge in [-0.25, -0.2) is 4.39 Å². The molecule has 1 aliphatic rings. The Morgan fingerprint density at radius 1 is 1.42 bits per heavy atom. The molecule has 24 heavy (non-hydrogen) atoms. The molecule has 0 spiro atoms. The zero-order valence-electron chi connectivity index (χ0n) is 14.2. The Hall–Kier alpha value is -1.50. The Balaban J connectivity index is 2.11. The molecule has 1 aromatic rings. The lowest BCUT2D eigenvalue weighted by molar-refractivity contribution is -0.128. The van der Waals surface area contributed by atoms with E-state index in [1.165, 1.54) is 12.1 Å². The molecule has 2 unspecified atom stereocenters. The van der Waals surface area contributed by atoms with E-state index in [-0.39, 0.29) is 24.2 Å². The van der Waals surface area contributed by atoms with Crippen molar-refractivity contribution in [3.63, 3.8) is 0 Å². The van der Waals surface area contributed by atoms with Gasteiger partial charge >= 0.3 is 0 Å². The number of amides is 1. The van der Waals surface area contributed by atoms with Crippen LogP contribution in [0.5, 0.6) is 0 Å². The van der Waals surface area contributed by atoms with E-state index >= 15 is 0 Å². The maximum atomic E-state index is 13.6. The highest BCUT2D eigenvalue weighted by molar-refractivity contribution is 5.83. The minimum Gasteiger partial charge on any atom is -0.396 e. The fourth-order valence-electron chi connectivity index (χ4n) is 3.02. The first-order valence-electron chi connectivity index (χ1n) is 8.61. The Bertz CT molecular complexity index is 521. The van der Waals surface area contributed by atoms with Gasteiger partial charge in [-0.05, 0) is 30.0 Å². The van der Waals surface area contributed by atoms with Crippen LogP contribution in [0.2, 0.25) is 0 Å². The van der Waals surface area contributed by atoms with Crippen LogP contribution >= 0.6 is 0 Å². The van der Waals surface area contributed by atoms with Gasteiger partial charge in [-0.3, -0.25) is 9.69 Å². The second-order valence-corrected chi connectivity index (χ2v) is 6.14. The number of rotatable bonds is 8. The van der Waals surface area contributed by atoms with Gasteiger partial charge in [0.05, 0.1) is 13.2 Å².